The van der Waals surface area contributed by atoms with E-state index in [1.807, 2.05) is 19.1 Å². The van der Waals surface area contributed by atoms with Crippen LogP contribution in [0, 0.1) is 6.92 Å². The van der Waals surface area contributed by atoms with Crippen molar-refractivity contribution in [3.8, 4) is 0 Å². The number of likely N-dealkylation sites (tertiary alicyclic amines) is 1. The molecule has 0 aliphatic carbocycles. The van der Waals surface area contributed by atoms with Gasteiger partial charge in [-0.3, -0.25) is 4.79 Å². The number of nitrogens with zero attached hydrogens (tertiary/aromatic N) is 3. The Bertz CT molecular complexity index is 742. The SMILES string of the molecule is Cc1ccccc1C(=O)N1CCC[C@H](c2nnc(C(F)(F)F)o2)C1. The molecule has 1 aromatic carbocycles. The van der Waals surface area contributed by atoms with Crippen LogP contribution < -0.4 is 0 Å². The van der Waals surface area contributed by atoms with Gasteiger partial charge in [-0.05, 0) is 31.4 Å². The first-order valence-corrected chi connectivity index (χ1v) is 7.62. The van der Waals surface area contributed by atoms with Crippen molar-refractivity contribution in [2.75, 3.05) is 13.1 Å². The lowest BCUT2D eigenvalue weighted by Crippen LogP contribution is -2.39. The van der Waals surface area contributed by atoms with Crippen LogP contribution in [0.2, 0.25) is 0 Å². The van der Waals surface area contributed by atoms with Gasteiger partial charge in [0.1, 0.15) is 0 Å². The minimum absolute atomic E-state index is 0.0652. The van der Waals surface area contributed by atoms with E-state index in [4.69, 9.17) is 4.42 Å². The minimum atomic E-state index is -4.66. The summed E-state index contributed by atoms with van der Waals surface area (Å²) in [6.45, 7) is 2.68. The highest BCUT2D eigenvalue weighted by molar-refractivity contribution is 5.95. The Balaban J connectivity index is 1.76. The number of aromatic nitrogens is 2. The summed E-state index contributed by atoms with van der Waals surface area (Å²) < 4.78 is 42.5. The molecule has 0 saturated carbocycles. The van der Waals surface area contributed by atoms with Gasteiger partial charge < -0.3 is 9.32 Å². The molecule has 3 rings (SSSR count). The summed E-state index contributed by atoms with van der Waals surface area (Å²) in [5, 5.41) is 6.58. The minimum Gasteiger partial charge on any atom is -0.417 e. The van der Waals surface area contributed by atoms with Gasteiger partial charge in [-0.1, -0.05) is 18.2 Å². The van der Waals surface area contributed by atoms with Gasteiger partial charge >= 0.3 is 12.1 Å². The number of hydrogen-bond donors (Lipinski definition) is 0. The molecule has 1 atom stereocenters. The molecule has 1 saturated heterocycles. The third kappa shape index (κ3) is 3.27. The summed E-state index contributed by atoms with van der Waals surface area (Å²) in [5.41, 5.74) is 1.46. The van der Waals surface area contributed by atoms with Gasteiger partial charge in [-0.2, -0.15) is 13.2 Å². The lowest BCUT2D eigenvalue weighted by atomic mass is 9.97. The molecule has 24 heavy (non-hydrogen) atoms. The summed E-state index contributed by atoms with van der Waals surface area (Å²) in [5.74, 6) is -1.92. The molecule has 128 valence electrons. The van der Waals surface area contributed by atoms with Crippen LogP contribution in [0.4, 0.5) is 13.2 Å². The van der Waals surface area contributed by atoms with Crippen LogP contribution in [0.3, 0.4) is 0 Å². The van der Waals surface area contributed by atoms with Crippen LogP contribution in [0.1, 0.15) is 46.5 Å². The van der Waals surface area contributed by atoms with Crippen LogP contribution >= 0.6 is 0 Å². The number of rotatable bonds is 2. The molecule has 1 aliphatic heterocycles. The van der Waals surface area contributed by atoms with Crippen molar-refractivity contribution in [3.05, 3.63) is 47.2 Å². The Morgan fingerprint density at radius 3 is 2.71 bits per heavy atom. The molecule has 0 radical (unpaired) electrons. The summed E-state index contributed by atoms with van der Waals surface area (Å²) in [6, 6.07) is 7.23. The highest BCUT2D eigenvalue weighted by atomic mass is 19.4. The average molecular weight is 339 g/mol. The second kappa shape index (κ2) is 6.26. The van der Waals surface area contributed by atoms with Gasteiger partial charge in [-0.15, -0.1) is 10.2 Å². The van der Waals surface area contributed by atoms with Crippen molar-refractivity contribution in [2.24, 2.45) is 0 Å². The second-order valence-corrected chi connectivity index (χ2v) is 5.85. The molecule has 1 aliphatic rings. The third-order valence-corrected chi connectivity index (χ3v) is 4.12. The first-order valence-electron chi connectivity index (χ1n) is 7.62. The van der Waals surface area contributed by atoms with E-state index in [9.17, 15) is 18.0 Å². The molecule has 0 bridgehead atoms. The van der Waals surface area contributed by atoms with Crippen LogP contribution in [-0.4, -0.2) is 34.1 Å². The Labute approximate surface area is 136 Å². The quantitative estimate of drug-likeness (QED) is 0.841. The van der Waals surface area contributed by atoms with E-state index in [0.717, 1.165) is 5.56 Å². The average Bonchev–Trinajstić information content (AvgIpc) is 3.05. The van der Waals surface area contributed by atoms with Crippen molar-refractivity contribution in [2.45, 2.75) is 31.9 Å². The number of aryl methyl sites for hydroxylation is 1. The molecule has 5 nitrogen and oxygen atoms in total. The number of halogens is 3. The zero-order valence-electron chi connectivity index (χ0n) is 13.0. The van der Waals surface area contributed by atoms with Gasteiger partial charge in [0.05, 0.1) is 5.92 Å². The zero-order valence-corrected chi connectivity index (χ0v) is 13.0. The van der Waals surface area contributed by atoms with E-state index in [-0.39, 0.29) is 24.3 Å². The predicted octanol–water partition coefficient (Wildman–Crippen LogP) is 3.42. The van der Waals surface area contributed by atoms with Crippen molar-refractivity contribution >= 4 is 5.91 Å². The Morgan fingerprint density at radius 1 is 1.29 bits per heavy atom. The lowest BCUT2D eigenvalue weighted by molar-refractivity contribution is -0.157. The number of amides is 1. The first-order chi connectivity index (χ1) is 11.4. The summed E-state index contributed by atoms with van der Waals surface area (Å²) in [7, 11) is 0. The van der Waals surface area contributed by atoms with E-state index in [1.165, 1.54) is 0 Å². The Kier molecular flexibility index (Phi) is 4.29. The molecular formula is C16H16F3N3O2. The second-order valence-electron chi connectivity index (χ2n) is 5.85. The van der Waals surface area contributed by atoms with E-state index >= 15 is 0 Å². The molecule has 0 unspecified atom stereocenters. The maximum absolute atomic E-state index is 12.6. The van der Waals surface area contributed by atoms with Gasteiger partial charge in [0, 0.05) is 18.7 Å². The predicted molar refractivity (Wildman–Crippen MR) is 78.4 cm³/mol. The van der Waals surface area contributed by atoms with Crippen LogP contribution in [0.5, 0.6) is 0 Å². The molecule has 1 aromatic heterocycles. The highest BCUT2D eigenvalue weighted by Crippen LogP contribution is 2.32. The monoisotopic (exact) mass is 339 g/mol. The normalized spacial score (nSPS) is 18.7. The van der Waals surface area contributed by atoms with Crippen molar-refractivity contribution in [1.82, 2.24) is 15.1 Å². The van der Waals surface area contributed by atoms with Crippen LogP contribution in [0.15, 0.2) is 28.7 Å². The molecule has 2 aromatic rings. The topological polar surface area (TPSA) is 59.2 Å². The summed E-state index contributed by atoms with van der Waals surface area (Å²) in [4.78, 5) is 14.3. The van der Waals surface area contributed by atoms with E-state index in [1.54, 1.807) is 17.0 Å². The summed E-state index contributed by atoms with van der Waals surface area (Å²) in [6.07, 6.45) is -3.38. The number of hydrogen-bond acceptors (Lipinski definition) is 4. The van der Waals surface area contributed by atoms with E-state index < -0.39 is 12.1 Å². The third-order valence-electron chi connectivity index (χ3n) is 4.12. The fourth-order valence-electron chi connectivity index (χ4n) is 2.86. The Morgan fingerprint density at radius 2 is 2.04 bits per heavy atom. The van der Waals surface area contributed by atoms with Crippen molar-refractivity contribution in [1.29, 1.82) is 0 Å². The number of alkyl halides is 3. The van der Waals surface area contributed by atoms with Crippen LogP contribution in [0.25, 0.3) is 0 Å². The Hall–Kier alpha value is -2.38. The zero-order chi connectivity index (χ0) is 17.3. The lowest BCUT2D eigenvalue weighted by Gasteiger charge is -2.31. The van der Waals surface area contributed by atoms with E-state index in [0.29, 0.717) is 24.9 Å². The molecule has 0 N–H and O–H groups in total. The van der Waals surface area contributed by atoms with E-state index in [2.05, 4.69) is 10.2 Å². The molecule has 1 fully saturated rings. The molecule has 0 spiro atoms. The standard InChI is InChI=1S/C16H16F3N3O2/c1-10-5-2-3-7-12(10)14(23)22-8-4-6-11(9-22)13-20-21-15(24-13)16(17,18)19/h2-3,5,7,11H,4,6,8-9H2,1H3/t11-/m0/s1. The molecule has 8 heteroatoms. The van der Waals surface area contributed by atoms with Gasteiger partial charge in [0.15, 0.2) is 0 Å². The first kappa shape index (κ1) is 16.5. The smallest absolute Gasteiger partial charge is 0.417 e. The van der Waals surface area contributed by atoms with Gasteiger partial charge in [-0.25, -0.2) is 0 Å². The molecule has 2 heterocycles. The molecular weight excluding hydrogens is 323 g/mol. The maximum Gasteiger partial charge on any atom is 0.470 e. The number of carbonyl (C=O) groups excluding carboxylic acids is 1. The number of benzene rings is 1. The summed E-state index contributed by atoms with van der Waals surface area (Å²) >= 11 is 0. The van der Waals surface area contributed by atoms with Crippen LogP contribution in [-0.2, 0) is 6.18 Å². The molecule has 1 amide bonds. The van der Waals surface area contributed by atoms with Gasteiger partial charge in [0.25, 0.3) is 5.91 Å². The van der Waals surface area contributed by atoms with Gasteiger partial charge in [0.2, 0.25) is 5.89 Å². The largest absolute Gasteiger partial charge is 0.470 e. The maximum atomic E-state index is 12.6. The van der Waals surface area contributed by atoms with Crippen molar-refractivity contribution < 1.29 is 22.4 Å². The van der Waals surface area contributed by atoms with Crippen molar-refractivity contribution in [3.63, 3.8) is 0 Å². The highest BCUT2D eigenvalue weighted by Gasteiger charge is 2.39. The number of carbonyl (C=O) groups is 1. The fraction of sp³-hybridized carbons (Fsp3) is 0.438. The fourth-order valence-corrected chi connectivity index (χ4v) is 2.86. The number of piperidine rings is 1.